The fourth-order valence-corrected chi connectivity index (χ4v) is 3.90. The Morgan fingerprint density at radius 1 is 1.25 bits per heavy atom. The minimum absolute atomic E-state index is 0.137. The highest BCUT2D eigenvalue weighted by Crippen LogP contribution is 2.28. The summed E-state index contributed by atoms with van der Waals surface area (Å²) in [7, 11) is 0. The molecule has 0 aliphatic rings. The molecule has 5 nitrogen and oxygen atoms in total. The molecule has 0 N–H and O–H groups in total. The summed E-state index contributed by atoms with van der Waals surface area (Å²) in [5, 5.41) is 10.4. The number of amides is 1. The number of hydrogen-bond donors (Lipinski definition) is 0. The molecule has 6 heteroatoms. The van der Waals surface area contributed by atoms with Crippen LogP contribution in [-0.2, 0) is 4.79 Å². The zero-order chi connectivity index (χ0) is 17.3. The fraction of sp³-hybridized carbons (Fsp3) is 0.389. The molecule has 1 atom stereocenters. The molecule has 1 aromatic carbocycles. The van der Waals surface area contributed by atoms with Crippen molar-refractivity contribution in [1.82, 2.24) is 19.5 Å². The molecule has 0 aliphatic heterocycles. The largest absolute Gasteiger partial charge is 0.342 e. The Morgan fingerprint density at radius 2 is 1.96 bits per heavy atom. The molecule has 0 aliphatic carbocycles. The van der Waals surface area contributed by atoms with Crippen LogP contribution in [0.5, 0.6) is 0 Å². The molecule has 3 rings (SSSR count). The van der Waals surface area contributed by atoms with Crippen LogP contribution in [0.3, 0.4) is 0 Å². The number of carbonyl (C=O) groups is 1. The number of para-hydroxylation sites is 1. The van der Waals surface area contributed by atoms with Gasteiger partial charge in [-0.15, -0.1) is 10.2 Å². The highest BCUT2D eigenvalue weighted by molar-refractivity contribution is 8.00. The van der Waals surface area contributed by atoms with Crippen LogP contribution in [0.1, 0.15) is 26.3 Å². The van der Waals surface area contributed by atoms with Crippen molar-refractivity contribution in [2.75, 3.05) is 13.1 Å². The molecule has 0 bridgehead atoms. The van der Waals surface area contributed by atoms with Gasteiger partial charge in [0.2, 0.25) is 5.91 Å². The lowest BCUT2D eigenvalue weighted by Gasteiger charge is -2.22. The summed E-state index contributed by atoms with van der Waals surface area (Å²) in [5.74, 6) is 0.137. The molecule has 0 fully saturated rings. The second-order valence-corrected chi connectivity index (χ2v) is 7.10. The van der Waals surface area contributed by atoms with E-state index in [1.807, 2.05) is 48.3 Å². The normalized spacial score (nSPS) is 12.7. The zero-order valence-electron chi connectivity index (χ0n) is 14.5. The summed E-state index contributed by atoms with van der Waals surface area (Å²) in [4.78, 5) is 14.4. The number of aryl methyl sites for hydroxylation is 1. The maximum atomic E-state index is 12.5. The third-order valence-corrected chi connectivity index (χ3v) is 5.31. The predicted molar refractivity (Wildman–Crippen MR) is 98.5 cm³/mol. The number of carbonyl (C=O) groups excluding carboxylic acids is 1. The van der Waals surface area contributed by atoms with Crippen LogP contribution < -0.4 is 0 Å². The third kappa shape index (κ3) is 2.86. The van der Waals surface area contributed by atoms with Gasteiger partial charge >= 0.3 is 0 Å². The van der Waals surface area contributed by atoms with Crippen LogP contribution in [0.4, 0.5) is 0 Å². The van der Waals surface area contributed by atoms with E-state index in [4.69, 9.17) is 0 Å². The topological polar surface area (TPSA) is 50.5 Å². The first-order valence-corrected chi connectivity index (χ1v) is 9.13. The Morgan fingerprint density at radius 3 is 2.67 bits per heavy atom. The van der Waals surface area contributed by atoms with Gasteiger partial charge in [0, 0.05) is 18.5 Å². The maximum Gasteiger partial charge on any atom is 0.235 e. The van der Waals surface area contributed by atoms with Gasteiger partial charge in [-0.2, -0.15) is 0 Å². The smallest absolute Gasteiger partial charge is 0.235 e. The summed E-state index contributed by atoms with van der Waals surface area (Å²) >= 11 is 1.47. The van der Waals surface area contributed by atoms with Gasteiger partial charge in [0.25, 0.3) is 0 Å². The number of fused-ring (bicyclic) bond motifs is 3. The van der Waals surface area contributed by atoms with Crippen molar-refractivity contribution in [2.45, 2.75) is 38.1 Å². The number of pyridine rings is 1. The van der Waals surface area contributed by atoms with Crippen LogP contribution in [0.25, 0.3) is 16.6 Å². The minimum Gasteiger partial charge on any atom is -0.342 e. The van der Waals surface area contributed by atoms with Crippen molar-refractivity contribution < 1.29 is 4.79 Å². The molecule has 0 saturated heterocycles. The van der Waals surface area contributed by atoms with Crippen molar-refractivity contribution in [1.29, 1.82) is 0 Å². The van der Waals surface area contributed by atoms with Crippen LogP contribution in [-0.4, -0.2) is 43.7 Å². The van der Waals surface area contributed by atoms with E-state index in [1.165, 1.54) is 22.7 Å². The van der Waals surface area contributed by atoms with Gasteiger partial charge in [0.1, 0.15) is 0 Å². The number of nitrogens with zero attached hydrogens (tertiary/aromatic N) is 4. The molecular weight excluding hydrogens is 320 g/mol. The van der Waals surface area contributed by atoms with Gasteiger partial charge in [-0.3, -0.25) is 9.20 Å². The molecule has 1 amide bonds. The van der Waals surface area contributed by atoms with Crippen molar-refractivity contribution in [3.63, 3.8) is 0 Å². The molecular formula is C18H22N4OS. The lowest BCUT2D eigenvalue weighted by Crippen LogP contribution is -2.36. The van der Waals surface area contributed by atoms with E-state index < -0.39 is 0 Å². The molecule has 3 aromatic rings. The lowest BCUT2D eigenvalue weighted by atomic mass is 10.1. The number of aromatic nitrogens is 3. The van der Waals surface area contributed by atoms with Crippen LogP contribution in [0, 0.1) is 6.92 Å². The average molecular weight is 342 g/mol. The third-order valence-electron chi connectivity index (χ3n) is 4.28. The Labute approximate surface area is 146 Å². The lowest BCUT2D eigenvalue weighted by molar-refractivity contribution is -0.129. The van der Waals surface area contributed by atoms with Crippen LogP contribution >= 0.6 is 11.8 Å². The first-order valence-electron chi connectivity index (χ1n) is 8.25. The van der Waals surface area contributed by atoms with E-state index in [2.05, 4.69) is 29.3 Å². The van der Waals surface area contributed by atoms with Crippen LogP contribution in [0.15, 0.2) is 35.5 Å². The van der Waals surface area contributed by atoms with E-state index in [1.54, 1.807) is 0 Å². The highest BCUT2D eigenvalue weighted by Gasteiger charge is 2.22. The Balaban J connectivity index is 2.02. The molecule has 0 spiro atoms. The van der Waals surface area contributed by atoms with E-state index in [9.17, 15) is 4.79 Å². The minimum atomic E-state index is -0.197. The summed E-state index contributed by atoms with van der Waals surface area (Å²) in [6, 6.07) is 10.3. The monoisotopic (exact) mass is 342 g/mol. The standard InChI is InChI=1S/C18H22N4OS/c1-5-21(6-2)17(23)13(4)24-18-20-19-16-11-12(3)14-9-7-8-10-15(14)22(16)18/h7-11,13H,5-6H2,1-4H3. The second-order valence-electron chi connectivity index (χ2n) is 5.79. The first-order chi connectivity index (χ1) is 11.6. The highest BCUT2D eigenvalue weighted by atomic mass is 32.2. The van der Waals surface area contributed by atoms with Crippen molar-refractivity contribution >= 4 is 34.2 Å². The Kier molecular flexibility index (Phi) is 4.76. The molecule has 0 radical (unpaired) electrons. The van der Waals surface area contributed by atoms with Crippen molar-refractivity contribution in [2.24, 2.45) is 0 Å². The van der Waals surface area contributed by atoms with E-state index in [0.29, 0.717) is 0 Å². The number of rotatable bonds is 5. The summed E-state index contributed by atoms with van der Waals surface area (Å²) < 4.78 is 2.04. The molecule has 24 heavy (non-hydrogen) atoms. The summed E-state index contributed by atoms with van der Waals surface area (Å²) in [6.07, 6.45) is 0. The van der Waals surface area contributed by atoms with Gasteiger partial charge < -0.3 is 4.90 Å². The van der Waals surface area contributed by atoms with Crippen molar-refractivity contribution in [3.05, 3.63) is 35.9 Å². The molecule has 1 unspecified atom stereocenters. The molecule has 2 heterocycles. The Hall–Kier alpha value is -2.08. The zero-order valence-corrected chi connectivity index (χ0v) is 15.3. The van der Waals surface area contributed by atoms with E-state index in [0.717, 1.165) is 29.4 Å². The SMILES string of the molecule is CCN(CC)C(=O)C(C)Sc1nnc2cc(C)c3ccccc3n12. The van der Waals surface area contributed by atoms with Gasteiger partial charge in [-0.05, 0) is 45.4 Å². The quantitative estimate of drug-likeness (QED) is 0.666. The summed E-state index contributed by atoms with van der Waals surface area (Å²) in [5.41, 5.74) is 3.06. The van der Waals surface area contributed by atoms with E-state index >= 15 is 0 Å². The van der Waals surface area contributed by atoms with Crippen LogP contribution in [0.2, 0.25) is 0 Å². The van der Waals surface area contributed by atoms with E-state index in [-0.39, 0.29) is 11.2 Å². The second kappa shape index (κ2) is 6.81. The predicted octanol–water partition coefficient (Wildman–Crippen LogP) is 3.54. The van der Waals surface area contributed by atoms with Gasteiger partial charge in [0.15, 0.2) is 10.8 Å². The maximum absolute atomic E-state index is 12.5. The Bertz CT molecular complexity index is 885. The molecule has 2 aromatic heterocycles. The number of hydrogen-bond acceptors (Lipinski definition) is 4. The molecule has 0 saturated carbocycles. The fourth-order valence-electron chi connectivity index (χ4n) is 2.95. The average Bonchev–Trinajstić information content (AvgIpc) is 2.98. The van der Waals surface area contributed by atoms with Crippen molar-refractivity contribution in [3.8, 4) is 0 Å². The molecule has 126 valence electrons. The van der Waals surface area contributed by atoms with Gasteiger partial charge in [-0.1, -0.05) is 30.0 Å². The van der Waals surface area contributed by atoms with Gasteiger partial charge in [-0.25, -0.2) is 0 Å². The summed E-state index contributed by atoms with van der Waals surface area (Å²) in [6.45, 7) is 9.47. The van der Waals surface area contributed by atoms with Gasteiger partial charge in [0.05, 0.1) is 10.8 Å². The number of thioether (sulfide) groups is 1. The first kappa shape index (κ1) is 16.8. The number of benzene rings is 1.